The molecular formula is C13H26B3F4OP5. The molecule has 0 aliphatic heterocycles. The van der Waals surface area contributed by atoms with Crippen LogP contribution >= 0.6 is 46.2 Å². The number of halogens is 4. The molecule has 6 atom stereocenters. The number of methoxy groups -OCH3 is 1. The first kappa shape index (κ1) is 28.0. The summed E-state index contributed by atoms with van der Waals surface area (Å²) in [6.07, 6.45) is 0.164. The minimum atomic E-state index is -4.23. The van der Waals surface area contributed by atoms with Gasteiger partial charge in [-0.2, -0.15) is 0 Å². The normalized spacial score (nSPS) is 17.9. The van der Waals surface area contributed by atoms with Crippen LogP contribution in [0.25, 0.3) is 0 Å². The zero-order valence-corrected chi connectivity index (χ0v) is 21.2. The Labute approximate surface area is 170 Å². The molecule has 0 aromatic carbocycles. The predicted octanol–water partition coefficient (Wildman–Crippen LogP) is 3.64. The minimum Gasteiger partial charge on any atom is -0.385 e. The van der Waals surface area contributed by atoms with Gasteiger partial charge in [0, 0.05) is 13.7 Å². The van der Waals surface area contributed by atoms with E-state index in [1.807, 2.05) is 27.7 Å². The number of alkyl halides is 4. The van der Waals surface area contributed by atoms with E-state index in [9.17, 15) is 8.78 Å². The maximum absolute atomic E-state index is 15.7. The minimum absolute atomic E-state index is 0.164. The van der Waals surface area contributed by atoms with Gasteiger partial charge in [0.1, 0.15) is 0 Å². The van der Waals surface area contributed by atoms with Crippen molar-refractivity contribution < 1.29 is 22.3 Å². The van der Waals surface area contributed by atoms with E-state index >= 15 is 8.78 Å². The molecule has 13 heteroatoms. The molecule has 0 heterocycles. The molecule has 0 saturated heterocycles. The second-order valence-electron chi connectivity index (χ2n) is 7.51. The fraction of sp³-hybridized carbons (Fsp3) is 1.00. The highest BCUT2D eigenvalue weighted by molar-refractivity contribution is 7.44. The van der Waals surface area contributed by atoms with Gasteiger partial charge in [-0.1, -0.05) is 19.1 Å². The maximum atomic E-state index is 15.7. The number of hydrogen-bond acceptors (Lipinski definition) is 1. The highest BCUT2D eigenvalue weighted by atomic mass is 31.1. The second kappa shape index (κ2) is 8.28. The quantitative estimate of drug-likeness (QED) is 0.289. The topological polar surface area (TPSA) is 9.23 Å². The van der Waals surface area contributed by atoms with Crippen LogP contribution in [0.4, 0.5) is 17.6 Å². The van der Waals surface area contributed by atoms with Gasteiger partial charge in [-0.15, -0.1) is 46.2 Å². The van der Waals surface area contributed by atoms with Crippen molar-refractivity contribution in [2.45, 2.75) is 64.5 Å². The lowest BCUT2D eigenvalue weighted by molar-refractivity contribution is -0.167. The molecule has 0 fully saturated rings. The Kier molecular flexibility index (Phi) is 8.92. The van der Waals surface area contributed by atoms with Crippen LogP contribution in [0.5, 0.6) is 0 Å². The van der Waals surface area contributed by atoms with Crippen LogP contribution < -0.4 is 0 Å². The molecule has 1 nitrogen and oxygen atoms in total. The van der Waals surface area contributed by atoms with Gasteiger partial charge < -0.3 is 4.74 Å². The summed E-state index contributed by atoms with van der Waals surface area (Å²) in [5.41, 5.74) is 0. The smallest absolute Gasteiger partial charge is 0.263 e. The van der Waals surface area contributed by atoms with E-state index in [1.54, 1.807) is 0 Å². The Balaban J connectivity index is 6.55. The molecule has 0 rings (SSSR count). The number of ether oxygens (including phenoxy) is 1. The van der Waals surface area contributed by atoms with Crippen LogP contribution in [0.2, 0.25) is 10.5 Å². The van der Waals surface area contributed by atoms with Crippen molar-refractivity contribution in [2.24, 2.45) is 0 Å². The van der Waals surface area contributed by atoms with Crippen molar-refractivity contribution in [3.63, 3.8) is 0 Å². The largest absolute Gasteiger partial charge is 0.385 e. The highest BCUT2D eigenvalue weighted by Gasteiger charge is 2.74. The summed E-state index contributed by atoms with van der Waals surface area (Å²) in [4.78, 5) is -3.75. The Hall–Kier alpha value is 2.02. The molecule has 6 radical (unpaired) electrons. The van der Waals surface area contributed by atoms with Gasteiger partial charge in [-0.3, -0.25) is 0 Å². The monoisotopic (exact) mass is 462 g/mol. The Bertz CT molecular complexity index is 493. The molecule has 0 amide bonds. The van der Waals surface area contributed by atoms with Crippen molar-refractivity contribution in [1.29, 1.82) is 0 Å². The zero-order chi connectivity index (χ0) is 21.6. The predicted molar refractivity (Wildman–Crippen MR) is 123 cm³/mol. The van der Waals surface area contributed by atoms with E-state index in [2.05, 4.69) is 18.5 Å². The Morgan fingerprint density at radius 1 is 0.846 bits per heavy atom. The van der Waals surface area contributed by atoms with Crippen molar-refractivity contribution in [3.05, 3.63) is 0 Å². The van der Waals surface area contributed by atoms with E-state index in [0.717, 1.165) is 0 Å². The van der Waals surface area contributed by atoms with E-state index in [-0.39, 0.29) is 13.0 Å². The molecule has 6 unspecified atom stereocenters. The summed E-state index contributed by atoms with van der Waals surface area (Å²) in [6, 6.07) is 0. The summed E-state index contributed by atoms with van der Waals surface area (Å²) in [5.74, 6) is -8.18. The summed E-state index contributed by atoms with van der Waals surface area (Å²) in [7, 11) is 29.7. The fourth-order valence-corrected chi connectivity index (χ4v) is 5.50. The van der Waals surface area contributed by atoms with Gasteiger partial charge in [0.25, 0.3) is 5.92 Å². The van der Waals surface area contributed by atoms with Crippen molar-refractivity contribution in [1.82, 2.24) is 0 Å². The van der Waals surface area contributed by atoms with Gasteiger partial charge in [-0.05, 0) is 23.4 Å². The van der Waals surface area contributed by atoms with Crippen LogP contribution in [0, 0.1) is 0 Å². The van der Waals surface area contributed by atoms with Crippen LogP contribution in [0.15, 0.2) is 0 Å². The first-order chi connectivity index (χ1) is 11.1. The third kappa shape index (κ3) is 4.38. The zero-order valence-electron chi connectivity index (χ0n) is 15.5. The SMILES string of the molecule is [B]C([B])(C(P)(P)CCOC)C(P)(P)C(F)(F)C([B])(C(C)(F)F)C(C)(C)P. The third-order valence-corrected chi connectivity index (χ3v) is 8.57. The first-order valence-corrected chi connectivity index (χ1v) is 10.5. The molecule has 0 saturated carbocycles. The average Bonchev–Trinajstić information content (AvgIpc) is 2.40. The summed E-state index contributed by atoms with van der Waals surface area (Å²) in [6.45, 7) is 2.94. The fourth-order valence-electron chi connectivity index (χ4n) is 2.69. The summed E-state index contributed by atoms with van der Waals surface area (Å²) in [5, 5.41) is -7.23. The molecule has 0 spiro atoms. The molecule has 0 N–H and O–H groups in total. The van der Waals surface area contributed by atoms with E-state index in [4.69, 9.17) is 28.3 Å². The van der Waals surface area contributed by atoms with Gasteiger partial charge >= 0.3 is 0 Å². The summed E-state index contributed by atoms with van der Waals surface area (Å²) < 4.78 is 65.3. The molecule has 0 aliphatic rings. The molecule has 0 aromatic heterocycles. The van der Waals surface area contributed by atoms with E-state index in [0.29, 0.717) is 6.92 Å². The van der Waals surface area contributed by atoms with Crippen LogP contribution in [0.1, 0.15) is 27.2 Å². The Morgan fingerprint density at radius 3 is 1.50 bits per heavy atom. The molecular weight excluding hydrogens is 435 g/mol. The number of hydrogen-bond donors (Lipinski definition) is 0. The molecule has 26 heavy (non-hydrogen) atoms. The van der Waals surface area contributed by atoms with E-state index in [1.165, 1.54) is 21.0 Å². The second-order valence-corrected chi connectivity index (χ2v) is 14.2. The molecule has 146 valence electrons. The van der Waals surface area contributed by atoms with Crippen LogP contribution in [-0.2, 0) is 4.74 Å². The van der Waals surface area contributed by atoms with Crippen molar-refractivity contribution in [3.8, 4) is 0 Å². The third-order valence-electron chi connectivity index (χ3n) is 4.90. The lowest BCUT2D eigenvalue weighted by atomic mass is 9.43. The number of rotatable bonds is 9. The molecule has 0 bridgehead atoms. The van der Waals surface area contributed by atoms with Crippen molar-refractivity contribution >= 4 is 69.7 Å². The lowest BCUT2D eigenvalue weighted by Gasteiger charge is -2.62. The van der Waals surface area contributed by atoms with Crippen LogP contribution in [-0.4, -0.2) is 64.1 Å². The summed E-state index contributed by atoms with van der Waals surface area (Å²) >= 11 is 0. The van der Waals surface area contributed by atoms with Crippen molar-refractivity contribution in [2.75, 3.05) is 13.7 Å². The van der Waals surface area contributed by atoms with Gasteiger partial charge in [0.2, 0.25) is 5.92 Å². The highest BCUT2D eigenvalue weighted by Crippen LogP contribution is 2.74. The standard InChI is InChI=1S/C13H26B3F4OP5/c1-7(2,22)10(14,8(3,17)18)12(19,20)13(25,26)11(15,16)9(23,24)5-6-21-4/h5-6,22-26H2,1-4H3. The first-order valence-electron chi connectivity index (χ1n) is 7.62. The molecule has 0 aromatic rings. The lowest BCUT2D eigenvalue weighted by Crippen LogP contribution is -2.66. The average molecular weight is 462 g/mol. The maximum Gasteiger partial charge on any atom is 0.263 e. The Morgan fingerprint density at radius 2 is 1.23 bits per heavy atom. The van der Waals surface area contributed by atoms with Gasteiger partial charge in [0.15, 0.2) is 0 Å². The van der Waals surface area contributed by atoms with Gasteiger partial charge in [-0.25, -0.2) is 17.6 Å². The molecule has 0 aliphatic carbocycles. The van der Waals surface area contributed by atoms with Gasteiger partial charge in [0.05, 0.1) is 33.8 Å². The van der Waals surface area contributed by atoms with E-state index < -0.39 is 37.3 Å². The van der Waals surface area contributed by atoms with Crippen LogP contribution in [0.3, 0.4) is 0 Å².